The molecule has 0 unspecified atom stereocenters. The van der Waals surface area contributed by atoms with E-state index in [-0.39, 0.29) is 0 Å². The van der Waals surface area contributed by atoms with E-state index in [0.29, 0.717) is 16.2 Å². The summed E-state index contributed by atoms with van der Waals surface area (Å²) >= 11 is 3.28. The van der Waals surface area contributed by atoms with Gasteiger partial charge in [-0.25, -0.2) is 4.79 Å². The van der Waals surface area contributed by atoms with E-state index < -0.39 is 5.97 Å². The first-order valence-corrected chi connectivity index (χ1v) is 4.86. The standard InChI is InChI=1S/C8H9BrN2O2/c1-11-6(8(12)13)5(4-2-3-4)7(9)10-11/h4H,2-3H2,1H3,(H,12,13). The van der Waals surface area contributed by atoms with Crippen LogP contribution in [0.25, 0.3) is 0 Å². The van der Waals surface area contributed by atoms with Crippen molar-refractivity contribution in [3.63, 3.8) is 0 Å². The lowest BCUT2D eigenvalue weighted by atomic mass is 10.1. The van der Waals surface area contributed by atoms with Crippen LogP contribution in [0, 0.1) is 0 Å². The van der Waals surface area contributed by atoms with Crippen molar-refractivity contribution in [1.29, 1.82) is 0 Å². The molecule has 1 N–H and O–H groups in total. The molecule has 0 radical (unpaired) electrons. The molecular formula is C8H9BrN2O2. The van der Waals surface area contributed by atoms with Crippen molar-refractivity contribution in [1.82, 2.24) is 9.78 Å². The van der Waals surface area contributed by atoms with Gasteiger partial charge in [0.15, 0.2) is 5.69 Å². The van der Waals surface area contributed by atoms with Gasteiger partial charge in [-0.1, -0.05) is 0 Å². The van der Waals surface area contributed by atoms with E-state index in [9.17, 15) is 4.79 Å². The largest absolute Gasteiger partial charge is 0.477 e. The summed E-state index contributed by atoms with van der Waals surface area (Å²) in [4.78, 5) is 10.9. The molecular weight excluding hydrogens is 236 g/mol. The van der Waals surface area contributed by atoms with E-state index in [4.69, 9.17) is 5.11 Å². The van der Waals surface area contributed by atoms with Gasteiger partial charge in [0.25, 0.3) is 0 Å². The molecule has 1 saturated carbocycles. The van der Waals surface area contributed by atoms with Crippen molar-refractivity contribution in [2.24, 2.45) is 7.05 Å². The number of halogens is 1. The van der Waals surface area contributed by atoms with Crippen LogP contribution in [0.2, 0.25) is 0 Å². The average molecular weight is 245 g/mol. The number of rotatable bonds is 2. The molecule has 1 aromatic heterocycles. The van der Waals surface area contributed by atoms with Crippen molar-refractivity contribution >= 4 is 21.9 Å². The van der Waals surface area contributed by atoms with E-state index in [1.165, 1.54) is 4.68 Å². The van der Waals surface area contributed by atoms with Crippen LogP contribution in [0.4, 0.5) is 0 Å². The second-order valence-electron chi connectivity index (χ2n) is 3.26. The maximum Gasteiger partial charge on any atom is 0.354 e. The molecule has 1 fully saturated rings. The second kappa shape index (κ2) is 2.83. The third kappa shape index (κ3) is 1.37. The van der Waals surface area contributed by atoms with Crippen LogP contribution in [0.1, 0.15) is 34.8 Å². The summed E-state index contributed by atoms with van der Waals surface area (Å²) in [5.74, 6) is -0.503. The van der Waals surface area contributed by atoms with Crippen LogP contribution in [0.5, 0.6) is 0 Å². The van der Waals surface area contributed by atoms with Gasteiger partial charge in [-0.15, -0.1) is 0 Å². The first kappa shape index (κ1) is 8.74. The Morgan fingerprint density at radius 3 is 2.77 bits per heavy atom. The molecule has 5 heteroatoms. The number of aryl methyl sites for hydroxylation is 1. The van der Waals surface area contributed by atoms with Gasteiger partial charge in [0, 0.05) is 12.6 Å². The first-order chi connectivity index (χ1) is 6.11. The lowest BCUT2D eigenvalue weighted by molar-refractivity contribution is 0.0683. The van der Waals surface area contributed by atoms with Gasteiger partial charge in [-0.05, 0) is 34.7 Å². The Labute approximate surface area is 83.7 Å². The van der Waals surface area contributed by atoms with Crippen LogP contribution in [-0.2, 0) is 7.05 Å². The molecule has 0 saturated heterocycles. The SMILES string of the molecule is Cn1nc(Br)c(C2CC2)c1C(=O)O. The van der Waals surface area contributed by atoms with Crippen molar-refractivity contribution < 1.29 is 9.90 Å². The van der Waals surface area contributed by atoms with Crippen molar-refractivity contribution in [3.05, 3.63) is 15.9 Å². The third-order valence-corrected chi connectivity index (χ3v) is 2.81. The first-order valence-electron chi connectivity index (χ1n) is 4.07. The van der Waals surface area contributed by atoms with Crippen LogP contribution in [-0.4, -0.2) is 20.9 Å². The fourth-order valence-electron chi connectivity index (χ4n) is 1.50. The molecule has 0 bridgehead atoms. The van der Waals surface area contributed by atoms with Crippen molar-refractivity contribution in [3.8, 4) is 0 Å². The second-order valence-corrected chi connectivity index (χ2v) is 4.01. The zero-order valence-electron chi connectivity index (χ0n) is 7.12. The van der Waals surface area contributed by atoms with E-state index in [1.54, 1.807) is 7.05 Å². The highest BCUT2D eigenvalue weighted by Gasteiger charge is 2.33. The monoisotopic (exact) mass is 244 g/mol. The normalized spacial score (nSPS) is 16.2. The van der Waals surface area contributed by atoms with Gasteiger partial charge >= 0.3 is 5.97 Å². The van der Waals surface area contributed by atoms with Crippen LogP contribution in [0.15, 0.2) is 4.60 Å². The molecule has 0 spiro atoms. The maximum absolute atomic E-state index is 10.9. The summed E-state index contributed by atoms with van der Waals surface area (Å²) < 4.78 is 2.09. The van der Waals surface area contributed by atoms with E-state index in [1.807, 2.05) is 0 Å². The summed E-state index contributed by atoms with van der Waals surface area (Å²) in [5.41, 5.74) is 1.17. The van der Waals surface area contributed by atoms with E-state index >= 15 is 0 Å². The van der Waals surface area contributed by atoms with Gasteiger partial charge < -0.3 is 5.11 Å². The zero-order valence-corrected chi connectivity index (χ0v) is 8.71. The minimum atomic E-state index is -0.900. The van der Waals surface area contributed by atoms with Gasteiger partial charge in [0.1, 0.15) is 4.60 Å². The number of carboxylic acids is 1. The average Bonchev–Trinajstić information content (AvgIpc) is 2.77. The van der Waals surface area contributed by atoms with Crippen LogP contribution >= 0.6 is 15.9 Å². The highest BCUT2D eigenvalue weighted by atomic mass is 79.9. The molecule has 1 aliphatic rings. The lowest BCUT2D eigenvalue weighted by Gasteiger charge is -1.98. The number of hydrogen-bond acceptors (Lipinski definition) is 2. The summed E-state index contributed by atoms with van der Waals surface area (Å²) in [6.45, 7) is 0. The number of aromatic nitrogens is 2. The molecule has 70 valence electrons. The molecule has 2 rings (SSSR count). The van der Waals surface area contributed by atoms with E-state index in [0.717, 1.165) is 18.4 Å². The topological polar surface area (TPSA) is 55.1 Å². The molecule has 0 amide bonds. The van der Waals surface area contributed by atoms with Crippen LogP contribution in [0.3, 0.4) is 0 Å². The Morgan fingerprint density at radius 2 is 2.31 bits per heavy atom. The molecule has 0 aromatic carbocycles. The molecule has 0 atom stereocenters. The minimum Gasteiger partial charge on any atom is -0.477 e. The molecule has 13 heavy (non-hydrogen) atoms. The van der Waals surface area contributed by atoms with Crippen LogP contribution < -0.4 is 0 Å². The van der Waals surface area contributed by atoms with Crippen molar-refractivity contribution in [2.45, 2.75) is 18.8 Å². The van der Waals surface area contributed by atoms with Gasteiger partial charge in [-0.2, -0.15) is 5.10 Å². The van der Waals surface area contributed by atoms with Gasteiger partial charge in [0.05, 0.1) is 0 Å². The lowest BCUT2D eigenvalue weighted by Crippen LogP contribution is -2.07. The highest BCUT2D eigenvalue weighted by molar-refractivity contribution is 9.10. The molecule has 1 heterocycles. The Kier molecular flexibility index (Phi) is 1.91. The highest BCUT2D eigenvalue weighted by Crippen LogP contribution is 2.44. The Morgan fingerprint density at radius 1 is 1.69 bits per heavy atom. The molecule has 4 nitrogen and oxygen atoms in total. The van der Waals surface area contributed by atoms with Gasteiger partial charge in [0.2, 0.25) is 0 Å². The summed E-state index contributed by atoms with van der Waals surface area (Å²) in [6.07, 6.45) is 2.15. The minimum absolute atomic E-state index is 0.314. The Hall–Kier alpha value is -0.840. The van der Waals surface area contributed by atoms with E-state index in [2.05, 4.69) is 21.0 Å². The summed E-state index contributed by atoms with van der Waals surface area (Å²) in [6, 6.07) is 0. The number of carbonyl (C=O) groups is 1. The fourth-order valence-corrected chi connectivity index (χ4v) is 2.24. The Bertz CT molecular complexity index is 368. The maximum atomic E-state index is 10.9. The molecule has 0 aliphatic heterocycles. The third-order valence-electron chi connectivity index (χ3n) is 2.23. The summed E-state index contributed by atoms with van der Waals surface area (Å²) in [7, 11) is 1.65. The quantitative estimate of drug-likeness (QED) is 0.863. The zero-order chi connectivity index (χ0) is 9.59. The Balaban J connectivity index is 2.56. The fraction of sp³-hybridized carbons (Fsp3) is 0.500. The number of carboxylic acid groups (broad SMARTS) is 1. The number of aromatic carboxylic acids is 1. The summed E-state index contributed by atoms with van der Waals surface area (Å²) in [5, 5.41) is 13.0. The number of hydrogen-bond donors (Lipinski definition) is 1. The predicted octanol–water partition coefficient (Wildman–Crippen LogP) is 1.76. The predicted molar refractivity (Wildman–Crippen MR) is 49.8 cm³/mol. The van der Waals surface area contributed by atoms with Gasteiger partial charge in [-0.3, -0.25) is 4.68 Å². The molecule has 1 aromatic rings. The van der Waals surface area contributed by atoms with Crippen molar-refractivity contribution in [2.75, 3.05) is 0 Å². The smallest absolute Gasteiger partial charge is 0.354 e. The number of nitrogens with zero attached hydrogens (tertiary/aromatic N) is 2. The molecule has 1 aliphatic carbocycles.